The molecule has 0 saturated heterocycles. The molecule has 1 nitrogen and oxygen atoms in total. The van der Waals surface area contributed by atoms with Crippen molar-refractivity contribution in [2.75, 3.05) is 24.6 Å². The maximum Gasteiger partial charge on any atom is 0.00581 e. The van der Waals surface area contributed by atoms with Crippen LogP contribution in [0, 0.1) is 5.92 Å². The lowest BCUT2D eigenvalue weighted by Gasteiger charge is -2.09. The van der Waals surface area contributed by atoms with Crippen molar-refractivity contribution in [3.8, 4) is 0 Å². The summed E-state index contributed by atoms with van der Waals surface area (Å²) in [6.07, 6.45) is 10.0. The lowest BCUT2D eigenvalue weighted by molar-refractivity contribution is 0.500. The Labute approximate surface area is 99.8 Å². The van der Waals surface area contributed by atoms with E-state index in [4.69, 9.17) is 0 Å². The van der Waals surface area contributed by atoms with E-state index in [1.54, 1.807) is 0 Å². The topological polar surface area (TPSA) is 12.0 Å². The quantitative estimate of drug-likeness (QED) is 0.605. The number of unbranched alkanes of at least 4 members (excludes halogenated alkanes) is 2. The Morgan fingerprint density at radius 1 is 1.13 bits per heavy atom. The molecule has 1 N–H and O–H groups in total. The molecule has 1 saturated carbocycles. The maximum atomic E-state index is 3.60. The molecule has 0 aromatic rings. The third kappa shape index (κ3) is 7.24. The van der Waals surface area contributed by atoms with Crippen molar-refractivity contribution < 1.29 is 0 Å². The molecule has 0 aromatic heterocycles. The Morgan fingerprint density at radius 2 is 1.93 bits per heavy atom. The molecule has 0 aliphatic heterocycles. The first-order valence-electron chi connectivity index (χ1n) is 6.72. The number of thioether (sulfide) groups is 1. The van der Waals surface area contributed by atoms with E-state index in [-0.39, 0.29) is 0 Å². The van der Waals surface area contributed by atoms with Crippen molar-refractivity contribution in [3.63, 3.8) is 0 Å². The first-order chi connectivity index (χ1) is 7.43. The lowest BCUT2D eigenvalue weighted by atomic mass is 10.1. The van der Waals surface area contributed by atoms with E-state index in [2.05, 4.69) is 24.0 Å². The minimum Gasteiger partial charge on any atom is -0.316 e. The fraction of sp³-hybridized carbons (Fsp3) is 1.00. The average Bonchev–Trinajstić information content (AvgIpc) is 2.75. The Bertz CT molecular complexity index is 132. The third-order valence-electron chi connectivity index (χ3n) is 3.22. The summed E-state index contributed by atoms with van der Waals surface area (Å²) in [5.74, 6) is 3.66. The second-order valence-corrected chi connectivity index (χ2v) is 5.90. The highest BCUT2D eigenvalue weighted by Gasteiger charge is 2.13. The molecule has 0 spiro atoms. The van der Waals surface area contributed by atoms with Crippen LogP contribution in [0.4, 0.5) is 0 Å². The zero-order valence-electron chi connectivity index (χ0n) is 10.3. The summed E-state index contributed by atoms with van der Waals surface area (Å²) >= 11 is 2.11. The molecule has 0 radical (unpaired) electrons. The largest absolute Gasteiger partial charge is 0.316 e. The van der Waals surface area contributed by atoms with Crippen LogP contribution in [-0.4, -0.2) is 24.6 Å². The van der Waals surface area contributed by atoms with Crippen molar-refractivity contribution in [3.05, 3.63) is 0 Å². The molecular weight excluding hydrogens is 202 g/mol. The highest BCUT2D eigenvalue weighted by molar-refractivity contribution is 7.99. The van der Waals surface area contributed by atoms with Crippen molar-refractivity contribution >= 4 is 11.8 Å². The van der Waals surface area contributed by atoms with Gasteiger partial charge in [0.2, 0.25) is 0 Å². The normalized spacial score (nSPS) is 17.4. The van der Waals surface area contributed by atoms with Gasteiger partial charge in [-0.15, -0.1) is 0 Å². The summed E-state index contributed by atoms with van der Waals surface area (Å²) in [5.41, 5.74) is 0. The van der Waals surface area contributed by atoms with Gasteiger partial charge >= 0.3 is 0 Å². The number of nitrogens with one attached hydrogen (secondary N) is 1. The summed E-state index contributed by atoms with van der Waals surface area (Å²) in [6, 6.07) is 0. The Morgan fingerprint density at radius 3 is 2.67 bits per heavy atom. The minimum atomic E-state index is 0.995. The second-order valence-electron chi connectivity index (χ2n) is 4.67. The van der Waals surface area contributed by atoms with E-state index >= 15 is 0 Å². The predicted molar refractivity (Wildman–Crippen MR) is 71.7 cm³/mol. The molecule has 0 aromatic carbocycles. The molecule has 1 rings (SSSR count). The van der Waals surface area contributed by atoms with Gasteiger partial charge in [0.05, 0.1) is 0 Å². The molecule has 2 heteroatoms. The molecule has 0 bridgehead atoms. The molecule has 1 aliphatic rings. The van der Waals surface area contributed by atoms with Crippen LogP contribution >= 0.6 is 11.8 Å². The first kappa shape index (κ1) is 13.4. The number of rotatable bonds is 9. The molecule has 15 heavy (non-hydrogen) atoms. The SMILES string of the molecule is CCCCCSCCNCC1CCCC1. The summed E-state index contributed by atoms with van der Waals surface area (Å²) in [5, 5.41) is 3.60. The first-order valence-corrected chi connectivity index (χ1v) is 7.87. The van der Waals surface area contributed by atoms with E-state index in [1.165, 1.54) is 69.5 Å². The number of hydrogen-bond donors (Lipinski definition) is 1. The zero-order chi connectivity index (χ0) is 10.8. The Balaban J connectivity index is 1.73. The molecule has 90 valence electrons. The predicted octanol–water partition coefficient (Wildman–Crippen LogP) is 3.69. The summed E-state index contributed by atoms with van der Waals surface area (Å²) in [4.78, 5) is 0. The van der Waals surface area contributed by atoms with Crippen molar-refractivity contribution in [1.29, 1.82) is 0 Å². The van der Waals surface area contributed by atoms with E-state index in [9.17, 15) is 0 Å². The highest BCUT2D eigenvalue weighted by Crippen LogP contribution is 2.23. The van der Waals surface area contributed by atoms with Gasteiger partial charge in [-0.25, -0.2) is 0 Å². The monoisotopic (exact) mass is 229 g/mol. The maximum absolute atomic E-state index is 3.60. The minimum absolute atomic E-state index is 0.995. The smallest absolute Gasteiger partial charge is 0.00581 e. The highest BCUT2D eigenvalue weighted by atomic mass is 32.2. The van der Waals surface area contributed by atoms with Crippen LogP contribution < -0.4 is 5.32 Å². The Kier molecular flexibility index (Phi) is 8.50. The third-order valence-corrected chi connectivity index (χ3v) is 4.29. The van der Waals surface area contributed by atoms with Gasteiger partial charge in [-0.05, 0) is 37.5 Å². The fourth-order valence-corrected chi connectivity index (χ4v) is 3.12. The van der Waals surface area contributed by atoms with Crippen LogP contribution in [0.15, 0.2) is 0 Å². The molecular formula is C13H27NS. The van der Waals surface area contributed by atoms with Gasteiger partial charge in [-0.3, -0.25) is 0 Å². The molecule has 0 amide bonds. The standard InChI is InChI=1S/C13H27NS/c1-2-3-6-10-15-11-9-14-12-13-7-4-5-8-13/h13-14H,2-12H2,1H3. The summed E-state index contributed by atoms with van der Waals surface area (Å²) in [6.45, 7) is 4.76. The molecule has 0 heterocycles. The van der Waals surface area contributed by atoms with Gasteiger partial charge in [0.1, 0.15) is 0 Å². The van der Waals surface area contributed by atoms with Crippen molar-refractivity contribution in [2.24, 2.45) is 5.92 Å². The molecule has 1 aliphatic carbocycles. The fourth-order valence-electron chi connectivity index (χ4n) is 2.22. The van der Waals surface area contributed by atoms with Crippen molar-refractivity contribution in [1.82, 2.24) is 5.32 Å². The van der Waals surface area contributed by atoms with Gasteiger partial charge in [0, 0.05) is 12.3 Å². The van der Waals surface area contributed by atoms with Crippen molar-refractivity contribution in [2.45, 2.75) is 51.9 Å². The van der Waals surface area contributed by atoms with E-state index in [0.717, 1.165) is 5.92 Å². The van der Waals surface area contributed by atoms with E-state index in [0.29, 0.717) is 0 Å². The average molecular weight is 229 g/mol. The van der Waals surface area contributed by atoms with Gasteiger partial charge < -0.3 is 5.32 Å². The van der Waals surface area contributed by atoms with Crippen LogP contribution in [0.25, 0.3) is 0 Å². The summed E-state index contributed by atoms with van der Waals surface area (Å²) in [7, 11) is 0. The van der Waals surface area contributed by atoms with Crippen LogP contribution in [0.1, 0.15) is 51.9 Å². The second kappa shape index (κ2) is 9.53. The lowest BCUT2D eigenvalue weighted by Crippen LogP contribution is -2.23. The summed E-state index contributed by atoms with van der Waals surface area (Å²) < 4.78 is 0. The molecule has 0 unspecified atom stereocenters. The molecule has 1 fully saturated rings. The molecule has 0 atom stereocenters. The van der Waals surface area contributed by atoms with Gasteiger partial charge in [-0.2, -0.15) is 11.8 Å². The van der Waals surface area contributed by atoms with Gasteiger partial charge in [0.15, 0.2) is 0 Å². The van der Waals surface area contributed by atoms with Gasteiger partial charge in [-0.1, -0.05) is 32.6 Å². The number of hydrogen-bond acceptors (Lipinski definition) is 2. The van der Waals surface area contributed by atoms with Gasteiger partial charge in [0.25, 0.3) is 0 Å². The van der Waals surface area contributed by atoms with Crippen LogP contribution in [-0.2, 0) is 0 Å². The van der Waals surface area contributed by atoms with Crippen LogP contribution in [0.2, 0.25) is 0 Å². The van der Waals surface area contributed by atoms with E-state index < -0.39 is 0 Å². The zero-order valence-corrected chi connectivity index (χ0v) is 11.1. The van der Waals surface area contributed by atoms with Crippen LogP contribution in [0.3, 0.4) is 0 Å². The van der Waals surface area contributed by atoms with E-state index in [1.807, 2.05) is 0 Å². The van der Waals surface area contributed by atoms with Crippen LogP contribution in [0.5, 0.6) is 0 Å². The Hall–Kier alpha value is 0.310.